The number of nitrogens with one attached hydrogen (secondary N) is 1. The smallest absolute Gasteiger partial charge is 0.481 e. The van der Waals surface area contributed by atoms with Gasteiger partial charge in [0.1, 0.15) is 5.75 Å². The molecule has 6 nitrogen and oxygen atoms in total. The van der Waals surface area contributed by atoms with Crippen molar-refractivity contribution in [3.8, 4) is 5.75 Å². The van der Waals surface area contributed by atoms with E-state index < -0.39 is 12.3 Å². The van der Waals surface area contributed by atoms with Gasteiger partial charge in [0, 0.05) is 0 Å². The Morgan fingerprint density at radius 3 is 2.35 bits per heavy atom. The Morgan fingerprint density at radius 2 is 1.85 bits per heavy atom. The lowest BCUT2D eigenvalue weighted by atomic mass is 9.97. The molecule has 2 N–H and O–H groups in total. The molecule has 1 heterocycles. The van der Waals surface area contributed by atoms with E-state index in [2.05, 4.69) is 10.1 Å². The Balaban J connectivity index is 1.81. The molecule has 1 atom stereocenters. The molecule has 0 bridgehead atoms. The summed E-state index contributed by atoms with van der Waals surface area (Å²) in [5.74, 6) is -1.70. The molecule has 1 saturated heterocycles. The Labute approximate surface area is 148 Å². The molecular formula is C17H21F3N2O4. The maximum atomic E-state index is 12.1. The Kier molecular flexibility index (Phi) is 6.47. The summed E-state index contributed by atoms with van der Waals surface area (Å²) in [5.41, 5.74) is 0.650. The van der Waals surface area contributed by atoms with Crippen molar-refractivity contribution in [3.05, 3.63) is 29.8 Å². The van der Waals surface area contributed by atoms with E-state index in [0.29, 0.717) is 31.5 Å². The highest BCUT2D eigenvalue weighted by molar-refractivity contribution is 5.78. The molecular weight excluding hydrogens is 353 g/mol. The van der Waals surface area contributed by atoms with Gasteiger partial charge in [-0.25, -0.2) is 0 Å². The zero-order valence-corrected chi connectivity index (χ0v) is 14.3. The van der Waals surface area contributed by atoms with Gasteiger partial charge in [-0.05, 0) is 50.6 Å². The highest BCUT2D eigenvalue weighted by Crippen LogP contribution is 2.24. The highest BCUT2D eigenvalue weighted by atomic mass is 19.4. The van der Waals surface area contributed by atoms with Crippen LogP contribution in [0.4, 0.5) is 13.2 Å². The summed E-state index contributed by atoms with van der Waals surface area (Å²) >= 11 is 0. The van der Waals surface area contributed by atoms with Crippen LogP contribution in [-0.2, 0) is 9.59 Å². The van der Waals surface area contributed by atoms with Gasteiger partial charge in [0.05, 0.1) is 18.5 Å². The lowest BCUT2D eigenvalue weighted by Crippen LogP contribution is -2.43. The lowest BCUT2D eigenvalue weighted by molar-refractivity contribution is -0.274. The predicted molar refractivity (Wildman–Crippen MR) is 86.5 cm³/mol. The van der Waals surface area contributed by atoms with Crippen molar-refractivity contribution in [2.45, 2.75) is 32.2 Å². The molecule has 1 amide bonds. The minimum absolute atomic E-state index is 0.159. The standard InChI is InChI=1S/C17H21F3N2O4/c1-11(12-2-4-14(5-3-12)26-17(18,19)20)21-15(23)10-22-8-6-13(7-9-22)16(24)25/h2-5,11,13H,6-10H2,1H3,(H,21,23)(H,24,25). The maximum absolute atomic E-state index is 12.1. The van der Waals surface area contributed by atoms with Crippen molar-refractivity contribution in [1.82, 2.24) is 10.2 Å². The largest absolute Gasteiger partial charge is 0.573 e. The zero-order valence-electron chi connectivity index (χ0n) is 14.3. The van der Waals surface area contributed by atoms with Crippen LogP contribution in [0.2, 0.25) is 0 Å². The van der Waals surface area contributed by atoms with E-state index in [1.54, 1.807) is 6.92 Å². The number of carboxylic acids is 1. The first-order chi connectivity index (χ1) is 12.1. The van der Waals surface area contributed by atoms with Crippen LogP contribution in [0, 0.1) is 5.92 Å². The maximum Gasteiger partial charge on any atom is 0.573 e. The molecule has 144 valence electrons. The van der Waals surface area contributed by atoms with Crippen LogP contribution < -0.4 is 10.1 Å². The topological polar surface area (TPSA) is 78.9 Å². The van der Waals surface area contributed by atoms with E-state index in [4.69, 9.17) is 5.11 Å². The second-order valence-electron chi connectivity index (χ2n) is 6.29. The molecule has 1 fully saturated rings. The summed E-state index contributed by atoms with van der Waals surface area (Å²) in [4.78, 5) is 24.9. The summed E-state index contributed by atoms with van der Waals surface area (Å²) in [6, 6.07) is 4.94. The predicted octanol–water partition coefficient (Wildman–Crippen LogP) is 2.56. The van der Waals surface area contributed by atoms with Crippen LogP contribution in [0.1, 0.15) is 31.4 Å². The number of piperidine rings is 1. The second kappa shape index (κ2) is 8.39. The number of carbonyl (C=O) groups is 2. The number of aliphatic carboxylic acids is 1. The third kappa shape index (κ3) is 6.21. The number of alkyl halides is 3. The fourth-order valence-corrected chi connectivity index (χ4v) is 2.87. The SMILES string of the molecule is CC(NC(=O)CN1CCC(C(=O)O)CC1)c1ccc(OC(F)(F)F)cc1. The van der Waals surface area contributed by atoms with Gasteiger partial charge in [0.15, 0.2) is 0 Å². The van der Waals surface area contributed by atoms with Crippen LogP contribution in [0.5, 0.6) is 5.75 Å². The monoisotopic (exact) mass is 374 g/mol. The molecule has 9 heteroatoms. The van der Waals surface area contributed by atoms with E-state index in [-0.39, 0.29) is 30.2 Å². The number of carbonyl (C=O) groups excluding carboxylic acids is 1. The molecule has 1 unspecified atom stereocenters. The van der Waals surface area contributed by atoms with Crippen molar-refractivity contribution >= 4 is 11.9 Å². The molecule has 0 saturated carbocycles. The first-order valence-electron chi connectivity index (χ1n) is 8.24. The summed E-state index contributed by atoms with van der Waals surface area (Å²) in [6.45, 7) is 2.98. The van der Waals surface area contributed by atoms with Crippen LogP contribution in [0.25, 0.3) is 0 Å². The van der Waals surface area contributed by atoms with Gasteiger partial charge in [-0.1, -0.05) is 12.1 Å². The van der Waals surface area contributed by atoms with Crippen molar-refractivity contribution in [1.29, 1.82) is 0 Å². The van der Waals surface area contributed by atoms with Crippen molar-refractivity contribution in [3.63, 3.8) is 0 Å². The van der Waals surface area contributed by atoms with E-state index in [1.807, 2.05) is 4.90 Å². The number of halogens is 3. The molecule has 26 heavy (non-hydrogen) atoms. The molecule has 0 aliphatic carbocycles. The molecule has 0 spiro atoms. The summed E-state index contributed by atoms with van der Waals surface area (Å²) in [7, 11) is 0. The van der Waals surface area contributed by atoms with Gasteiger partial charge >= 0.3 is 12.3 Å². The molecule has 0 radical (unpaired) electrons. The molecule has 0 aromatic heterocycles. The minimum Gasteiger partial charge on any atom is -0.481 e. The molecule has 1 aliphatic rings. The van der Waals surface area contributed by atoms with Crippen molar-refractivity contribution in [2.75, 3.05) is 19.6 Å². The Hall–Kier alpha value is -2.29. The van der Waals surface area contributed by atoms with Gasteiger partial charge in [-0.2, -0.15) is 0 Å². The average Bonchev–Trinajstić information content (AvgIpc) is 2.54. The average molecular weight is 374 g/mol. The minimum atomic E-state index is -4.74. The normalized spacial score (nSPS) is 17.5. The summed E-state index contributed by atoms with van der Waals surface area (Å²) < 4.78 is 40.2. The van der Waals surface area contributed by atoms with Crippen LogP contribution in [0.15, 0.2) is 24.3 Å². The van der Waals surface area contributed by atoms with E-state index >= 15 is 0 Å². The zero-order chi connectivity index (χ0) is 19.3. The first-order valence-corrected chi connectivity index (χ1v) is 8.24. The van der Waals surface area contributed by atoms with Crippen LogP contribution in [0.3, 0.4) is 0 Å². The van der Waals surface area contributed by atoms with Crippen LogP contribution in [-0.4, -0.2) is 47.9 Å². The molecule has 1 aromatic carbocycles. The lowest BCUT2D eigenvalue weighted by Gasteiger charge is -2.29. The fourth-order valence-electron chi connectivity index (χ4n) is 2.87. The van der Waals surface area contributed by atoms with Gasteiger partial charge in [0.25, 0.3) is 0 Å². The molecule has 2 rings (SSSR count). The Bertz CT molecular complexity index is 626. The van der Waals surface area contributed by atoms with Crippen molar-refractivity contribution in [2.24, 2.45) is 5.92 Å². The first kappa shape index (κ1) is 20.0. The number of benzene rings is 1. The van der Waals surface area contributed by atoms with Gasteiger partial charge in [-0.3, -0.25) is 14.5 Å². The summed E-state index contributed by atoms with van der Waals surface area (Å²) in [5, 5.41) is 11.7. The number of rotatable bonds is 6. The Morgan fingerprint density at radius 1 is 1.27 bits per heavy atom. The number of likely N-dealkylation sites (tertiary alicyclic amines) is 1. The van der Waals surface area contributed by atoms with E-state index in [0.717, 1.165) is 0 Å². The third-order valence-electron chi connectivity index (χ3n) is 4.30. The highest BCUT2D eigenvalue weighted by Gasteiger charge is 2.31. The van der Waals surface area contributed by atoms with Crippen LogP contribution >= 0.6 is 0 Å². The number of carboxylic acid groups (broad SMARTS) is 1. The molecule has 1 aromatic rings. The van der Waals surface area contributed by atoms with Gasteiger partial charge < -0.3 is 15.2 Å². The number of amides is 1. The number of hydrogen-bond acceptors (Lipinski definition) is 4. The second-order valence-corrected chi connectivity index (χ2v) is 6.29. The van der Waals surface area contributed by atoms with E-state index in [1.165, 1.54) is 24.3 Å². The number of hydrogen-bond donors (Lipinski definition) is 2. The number of ether oxygens (including phenoxy) is 1. The van der Waals surface area contributed by atoms with Gasteiger partial charge in [0.2, 0.25) is 5.91 Å². The van der Waals surface area contributed by atoms with Gasteiger partial charge in [-0.15, -0.1) is 13.2 Å². The third-order valence-corrected chi connectivity index (χ3v) is 4.30. The van der Waals surface area contributed by atoms with E-state index in [9.17, 15) is 22.8 Å². The number of nitrogens with zero attached hydrogens (tertiary/aromatic N) is 1. The summed E-state index contributed by atoms with van der Waals surface area (Å²) in [6.07, 6.45) is -3.72. The fraction of sp³-hybridized carbons (Fsp3) is 0.529. The quantitative estimate of drug-likeness (QED) is 0.800. The molecule has 1 aliphatic heterocycles. The van der Waals surface area contributed by atoms with Crippen molar-refractivity contribution < 1.29 is 32.6 Å².